The van der Waals surface area contributed by atoms with Gasteiger partial charge in [-0.15, -0.1) is 0 Å². The predicted molar refractivity (Wildman–Crippen MR) is 257 cm³/mol. The Labute approximate surface area is 422 Å². The lowest BCUT2D eigenvalue weighted by Gasteiger charge is -2.31. The zero-order valence-electron chi connectivity index (χ0n) is 39.1. The number of piperidine rings is 1. The van der Waals surface area contributed by atoms with Gasteiger partial charge >= 0.3 is 36.5 Å². The summed E-state index contributed by atoms with van der Waals surface area (Å²) < 4.78 is 80.0. The molecule has 9 N–H and O–H groups in total. The second-order valence-electron chi connectivity index (χ2n) is 15.9. The van der Waals surface area contributed by atoms with Crippen molar-refractivity contribution in [3.63, 3.8) is 0 Å². The van der Waals surface area contributed by atoms with Gasteiger partial charge in [0.15, 0.2) is 0 Å². The maximum absolute atomic E-state index is 12.7. The molecule has 0 radical (unpaired) electrons. The summed E-state index contributed by atoms with van der Waals surface area (Å²) in [7, 11) is 1.48. The van der Waals surface area contributed by atoms with Crippen molar-refractivity contribution in [1.29, 1.82) is 0 Å². The SMILES string of the molecule is COc1cc(NC(=O)OCCCNC(=O)CCN2CCC(OC(=O)Nc3ccccc3-c3ccccc3)CC2)c(Cl)cc1CNC[C@H](O)c1ccc(O)c2[nH]c(=O)ccc12.O=C(O)C(F)(F)F.O=C(O)C(F)(F)F. The highest BCUT2D eigenvalue weighted by molar-refractivity contribution is 6.33. The summed E-state index contributed by atoms with van der Waals surface area (Å²) in [5.74, 6) is -5.28. The largest absolute Gasteiger partial charge is 0.506 e. The summed E-state index contributed by atoms with van der Waals surface area (Å²) in [5, 5.41) is 47.6. The number of likely N-dealkylation sites (tertiary alicyclic amines) is 1. The number of hydrogen-bond donors (Lipinski definition) is 9. The van der Waals surface area contributed by atoms with Crippen molar-refractivity contribution >= 4 is 63.9 Å². The van der Waals surface area contributed by atoms with Crippen LogP contribution in [-0.4, -0.2) is 125 Å². The molecule has 0 aliphatic carbocycles. The van der Waals surface area contributed by atoms with Crippen LogP contribution >= 0.6 is 11.6 Å². The van der Waals surface area contributed by atoms with Crippen molar-refractivity contribution in [1.82, 2.24) is 20.5 Å². The molecule has 74 heavy (non-hydrogen) atoms. The average Bonchev–Trinajstić information content (AvgIpc) is 3.35. The number of carbonyl (C=O) groups is 5. The van der Waals surface area contributed by atoms with Crippen molar-refractivity contribution in [3.8, 4) is 22.6 Å². The lowest BCUT2D eigenvalue weighted by atomic mass is 10.0. The number of aromatic hydroxyl groups is 1. The van der Waals surface area contributed by atoms with Crippen molar-refractivity contribution in [2.24, 2.45) is 0 Å². The summed E-state index contributed by atoms with van der Waals surface area (Å²) in [5.41, 5.74) is 3.96. The standard InChI is InChI=1S/C44H49ClN6O9.2C2HF3O2/c1-58-39-25-36(34(45)24-29(39)26-46-27-38(53)32-12-14-37(52)42-33(32)13-15-41(55)50-42)49-43(56)59-23-7-19-47-40(54)18-22-51-20-16-30(17-21-51)60-44(57)48-35-11-6-5-10-31(35)28-8-3-2-4-9-28;2*3-2(4,5)1(6)7/h2-6,8-15,24-25,30,38,46,52-53H,7,16-23,26-27H2,1H3,(H,47,54)(H,48,57)(H,49,56)(H,50,55);2*(H,6,7)/t38-;;/m0../s1. The molecule has 2 heterocycles. The first-order valence-corrected chi connectivity index (χ1v) is 22.6. The summed E-state index contributed by atoms with van der Waals surface area (Å²) in [6, 6.07) is 26.5. The van der Waals surface area contributed by atoms with Crippen molar-refractivity contribution in [3.05, 3.63) is 117 Å². The fraction of sp³-hybridized carbons (Fsp3) is 0.333. The first-order chi connectivity index (χ1) is 35.0. The predicted octanol–water partition coefficient (Wildman–Crippen LogP) is 7.81. The molecule has 4 aromatic carbocycles. The van der Waals surface area contributed by atoms with Gasteiger partial charge in [-0.25, -0.2) is 19.2 Å². The van der Waals surface area contributed by atoms with Crippen LogP contribution in [0.1, 0.15) is 42.9 Å². The molecule has 1 aromatic heterocycles. The normalized spacial score (nSPS) is 13.2. The van der Waals surface area contributed by atoms with Gasteiger partial charge in [-0.2, -0.15) is 26.3 Å². The van der Waals surface area contributed by atoms with E-state index in [1.165, 1.54) is 19.2 Å². The van der Waals surface area contributed by atoms with E-state index >= 15 is 0 Å². The molecule has 1 aliphatic rings. The number of nitrogens with zero attached hydrogens (tertiary/aromatic N) is 1. The first kappa shape index (κ1) is 59.0. The smallest absolute Gasteiger partial charge is 0.490 e. The number of aromatic nitrogens is 1. The van der Waals surface area contributed by atoms with E-state index in [0.29, 0.717) is 79.8 Å². The third-order valence-corrected chi connectivity index (χ3v) is 10.9. The molecule has 5 aromatic rings. The van der Waals surface area contributed by atoms with Gasteiger partial charge in [0.05, 0.1) is 41.7 Å². The number of ether oxygens (including phenoxy) is 3. The number of carboxylic acids is 2. The highest BCUT2D eigenvalue weighted by atomic mass is 35.5. The molecule has 6 rings (SSSR count). The highest BCUT2D eigenvalue weighted by Crippen LogP contribution is 2.33. The van der Waals surface area contributed by atoms with Crippen molar-refractivity contribution in [2.75, 3.05) is 57.1 Å². The van der Waals surface area contributed by atoms with Crippen LogP contribution in [0.15, 0.2) is 95.8 Å². The Morgan fingerprint density at radius 1 is 0.838 bits per heavy atom. The number of anilines is 2. The zero-order chi connectivity index (χ0) is 54.6. The van der Waals surface area contributed by atoms with Crippen LogP contribution in [0.4, 0.5) is 47.3 Å². The average molecular weight is 1070 g/mol. The molecule has 3 amide bonds. The summed E-state index contributed by atoms with van der Waals surface area (Å²) in [4.78, 5) is 72.0. The lowest BCUT2D eigenvalue weighted by molar-refractivity contribution is -0.193. The van der Waals surface area contributed by atoms with Gasteiger partial charge in [0, 0.05) is 74.3 Å². The quantitative estimate of drug-likeness (QED) is 0.0317. The number of methoxy groups -OCH3 is 1. The third-order valence-electron chi connectivity index (χ3n) is 10.6. The number of phenols is 1. The summed E-state index contributed by atoms with van der Waals surface area (Å²) >= 11 is 6.48. The molecule has 0 bridgehead atoms. The Kier molecular flexibility index (Phi) is 22.3. The number of para-hydroxylation sites is 1. The van der Waals surface area contributed by atoms with E-state index in [0.717, 1.165) is 11.1 Å². The number of aliphatic carboxylic acids is 2. The number of aliphatic hydroxyl groups is 1. The minimum Gasteiger partial charge on any atom is -0.506 e. The molecule has 1 aliphatic heterocycles. The number of aromatic amines is 1. The second kappa shape index (κ2) is 28.0. The summed E-state index contributed by atoms with van der Waals surface area (Å²) in [6.07, 6.45) is -10.5. The maximum atomic E-state index is 12.7. The fourth-order valence-electron chi connectivity index (χ4n) is 6.98. The minimum absolute atomic E-state index is 0.0660. The Balaban J connectivity index is 0.000000743. The number of H-pyrrole nitrogens is 1. The Morgan fingerprint density at radius 2 is 1.46 bits per heavy atom. The van der Waals surface area contributed by atoms with Gasteiger partial charge in [0.1, 0.15) is 17.6 Å². The van der Waals surface area contributed by atoms with E-state index < -0.39 is 42.6 Å². The molecule has 26 heteroatoms. The Hall–Kier alpha value is -7.61. The molecule has 1 fully saturated rings. The molecule has 19 nitrogen and oxygen atoms in total. The lowest BCUT2D eigenvalue weighted by Crippen LogP contribution is -2.40. The Bertz CT molecular complexity index is 2740. The van der Waals surface area contributed by atoms with Gasteiger partial charge in [0.25, 0.3) is 0 Å². The number of carbonyl (C=O) groups excluding carboxylic acids is 3. The maximum Gasteiger partial charge on any atom is 0.490 e. The van der Waals surface area contributed by atoms with Crippen LogP contribution in [0, 0.1) is 0 Å². The number of alkyl halides is 6. The number of hydrogen-bond acceptors (Lipinski definition) is 13. The van der Waals surface area contributed by atoms with E-state index in [1.54, 1.807) is 24.3 Å². The molecule has 0 saturated carbocycles. The van der Waals surface area contributed by atoms with Crippen LogP contribution in [-0.2, 0) is 30.4 Å². The summed E-state index contributed by atoms with van der Waals surface area (Å²) in [6.45, 7) is 2.80. The molecule has 1 atom stereocenters. The molecule has 0 unspecified atom stereocenters. The minimum atomic E-state index is -5.08. The Morgan fingerprint density at radius 3 is 2.09 bits per heavy atom. The van der Waals surface area contributed by atoms with E-state index in [1.807, 2.05) is 54.6 Å². The number of pyridine rings is 1. The number of nitrogens with one attached hydrogen (secondary N) is 5. The van der Waals surface area contributed by atoms with Gasteiger partial charge in [0.2, 0.25) is 11.5 Å². The number of fused-ring (bicyclic) bond motifs is 1. The van der Waals surface area contributed by atoms with Gasteiger partial charge in [-0.1, -0.05) is 66.2 Å². The van der Waals surface area contributed by atoms with Gasteiger partial charge in [-0.05, 0) is 54.7 Å². The number of carboxylic acid groups (broad SMARTS) is 2. The molecular formula is C48H51ClF6N6O13. The number of phenolic OH excluding ortho intramolecular Hbond substituents is 1. The third kappa shape index (κ3) is 19.1. The van der Waals surface area contributed by atoms with Gasteiger partial charge < -0.3 is 55.2 Å². The number of rotatable bonds is 17. The monoisotopic (exact) mass is 1070 g/mol. The number of aliphatic hydroxyl groups excluding tert-OH is 1. The van der Waals surface area contributed by atoms with E-state index in [9.17, 15) is 55.7 Å². The first-order valence-electron chi connectivity index (χ1n) is 22.2. The molecular weight excluding hydrogens is 1020 g/mol. The zero-order valence-corrected chi connectivity index (χ0v) is 39.9. The topological polar surface area (TPSA) is 278 Å². The number of amides is 3. The number of halogens is 7. The molecule has 0 spiro atoms. The van der Waals surface area contributed by atoms with Crippen LogP contribution in [0.25, 0.3) is 22.0 Å². The van der Waals surface area contributed by atoms with Crippen molar-refractivity contribution in [2.45, 2.75) is 56.8 Å². The van der Waals surface area contributed by atoms with Crippen LogP contribution in [0.2, 0.25) is 5.02 Å². The van der Waals surface area contributed by atoms with E-state index in [-0.39, 0.29) is 59.2 Å². The number of benzene rings is 4. The van der Waals surface area contributed by atoms with Crippen LogP contribution in [0.5, 0.6) is 11.5 Å². The second-order valence-corrected chi connectivity index (χ2v) is 16.3. The van der Waals surface area contributed by atoms with Crippen LogP contribution < -0.4 is 31.6 Å². The highest BCUT2D eigenvalue weighted by Gasteiger charge is 2.39. The van der Waals surface area contributed by atoms with Crippen molar-refractivity contribution < 1.29 is 85.0 Å². The fourth-order valence-corrected chi connectivity index (χ4v) is 7.22. The van der Waals surface area contributed by atoms with Gasteiger partial charge in [-0.3, -0.25) is 20.2 Å². The van der Waals surface area contributed by atoms with Crippen LogP contribution in [0.3, 0.4) is 0 Å². The molecule has 400 valence electrons. The van der Waals surface area contributed by atoms with E-state index in [2.05, 4.69) is 31.2 Å². The molecule has 1 saturated heterocycles. The van der Waals surface area contributed by atoms with E-state index in [4.69, 9.17) is 45.6 Å².